The third-order valence-electron chi connectivity index (χ3n) is 5.74. The van der Waals surface area contributed by atoms with E-state index in [-0.39, 0.29) is 28.6 Å². The number of hydrogen-bond donors (Lipinski definition) is 3. The fraction of sp³-hybridized carbons (Fsp3) is 0.304. The predicted molar refractivity (Wildman–Crippen MR) is 134 cm³/mol. The Balaban J connectivity index is 1.62. The summed E-state index contributed by atoms with van der Waals surface area (Å²) in [6.07, 6.45) is -10.3. The molecule has 3 heterocycles. The number of alkyl halides is 6. The Bertz CT molecular complexity index is 1620. The first-order chi connectivity index (χ1) is 19.6. The lowest BCUT2D eigenvalue weighted by Crippen LogP contribution is -2.47. The van der Waals surface area contributed by atoms with Gasteiger partial charge in [0.25, 0.3) is 5.91 Å². The lowest BCUT2D eigenvalue weighted by molar-refractivity contribution is -0.207. The summed E-state index contributed by atoms with van der Waals surface area (Å²) in [7, 11) is 0. The minimum Gasteiger partial charge on any atom is -0.382 e. The summed E-state index contributed by atoms with van der Waals surface area (Å²) in [5.41, 5.74) is 3.95. The second-order valence-electron chi connectivity index (χ2n) is 8.77. The van der Waals surface area contributed by atoms with Crippen molar-refractivity contribution < 1.29 is 36.2 Å². The second-order valence-corrected chi connectivity index (χ2v) is 9.21. The highest BCUT2D eigenvalue weighted by molar-refractivity contribution is 6.30. The van der Waals surface area contributed by atoms with Gasteiger partial charge in [-0.05, 0) is 36.4 Å². The Labute approximate surface area is 236 Å². The topological polar surface area (TPSA) is 159 Å². The molecule has 12 nitrogen and oxygen atoms in total. The van der Waals surface area contributed by atoms with Gasteiger partial charge in [-0.15, -0.1) is 10.2 Å². The molecule has 0 saturated heterocycles. The van der Waals surface area contributed by atoms with Gasteiger partial charge in [-0.25, -0.2) is 24.1 Å². The molecule has 224 valence electrons. The van der Waals surface area contributed by atoms with E-state index in [1.165, 1.54) is 42.6 Å². The quantitative estimate of drug-likeness (QED) is 0.240. The molecule has 0 saturated carbocycles. The molecule has 19 heteroatoms. The Hall–Kier alpha value is -4.29. The number of nitrogens with one attached hydrogen (secondary N) is 1. The minimum atomic E-state index is -5.01. The van der Waals surface area contributed by atoms with Gasteiger partial charge in [0.15, 0.2) is 23.4 Å². The zero-order valence-corrected chi connectivity index (χ0v) is 21.8. The number of nitrogens with zero attached hydrogens (tertiary/aromatic N) is 7. The summed E-state index contributed by atoms with van der Waals surface area (Å²) in [5.74, 6) is -1.24. The normalized spacial score (nSPS) is 13.6. The number of rotatable bonds is 9. The van der Waals surface area contributed by atoms with Crippen LogP contribution in [0, 0.1) is 0 Å². The van der Waals surface area contributed by atoms with Gasteiger partial charge in [0, 0.05) is 23.3 Å². The van der Waals surface area contributed by atoms with Crippen molar-refractivity contribution in [1.29, 1.82) is 0 Å². The van der Waals surface area contributed by atoms with Gasteiger partial charge >= 0.3 is 18.0 Å². The number of pyridine rings is 1. The molecule has 0 spiro atoms. The first-order valence-corrected chi connectivity index (χ1v) is 12.2. The van der Waals surface area contributed by atoms with Crippen LogP contribution in [0.5, 0.6) is 0 Å². The van der Waals surface area contributed by atoms with Gasteiger partial charge in [-0.3, -0.25) is 9.36 Å². The first kappa shape index (κ1) is 30.7. The Kier molecular flexibility index (Phi) is 8.69. The van der Waals surface area contributed by atoms with Gasteiger partial charge in [0.2, 0.25) is 0 Å². The van der Waals surface area contributed by atoms with E-state index >= 15 is 0 Å². The number of aromatic nitrogens is 7. The summed E-state index contributed by atoms with van der Waals surface area (Å²) < 4.78 is 79.8. The zero-order chi connectivity index (χ0) is 30.8. The molecule has 0 fully saturated rings. The number of amides is 1. The van der Waals surface area contributed by atoms with Crippen molar-refractivity contribution in [2.24, 2.45) is 5.73 Å². The van der Waals surface area contributed by atoms with E-state index in [4.69, 9.17) is 17.3 Å². The third-order valence-corrected chi connectivity index (χ3v) is 5.99. The summed E-state index contributed by atoms with van der Waals surface area (Å²) >= 11 is 5.88. The molecule has 0 aliphatic rings. The van der Waals surface area contributed by atoms with Gasteiger partial charge in [0.1, 0.15) is 18.9 Å². The van der Waals surface area contributed by atoms with Crippen molar-refractivity contribution in [1.82, 2.24) is 39.4 Å². The van der Waals surface area contributed by atoms with E-state index in [9.17, 15) is 41.0 Å². The highest BCUT2D eigenvalue weighted by Crippen LogP contribution is 2.24. The second kappa shape index (κ2) is 11.9. The summed E-state index contributed by atoms with van der Waals surface area (Å²) in [4.78, 5) is 33.5. The predicted octanol–water partition coefficient (Wildman–Crippen LogP) is 1.93. The molecule has 1 unspecified atom stereocenters. The van der Waals surface area contributed by atoms with Crippen molar-refractivity contribution >= 4 is 17.5 Å². The van der Waals surface area contributed by atoms with Crippen LogP contribution in [0.4, 0.5) is 26.3 Å². The highest BCUT2D eigenvalue weighted by Gasteiger charge is 2.39. The number of nitrogens with two attached hydrogens (primary N) is 1. The third kappa shape index (κ3) is 6.94. The molecule has 1 amide bonds. The molecule has 3 aromatic heterocycles. The van der Waals surface area contributed by atoms with E-state index < -0.39 is 55.7 Å². The Morgan fingerprint density at radius 2 is 1.74 bits per heavy atom. The van der Waals surface area contributed by atoms with Crippen molar-refractivity contribution in [2.75, 3.05) is 6.54 Å². The van der Waals surface area contributed by atoms with Crippen LogP contribution in [0.25, 0.3) is 17.1 Å². The fourth-order valence-electron chi connectivity index (χ4n) is 3.58. The molecule has 4 rings (SSSR count). The van der Waals surface area contributed by atoms with Crippen molar-refractivity contribution in [3.63, 3.8) is 0 Å². The molecule has 0 radical (unpaired) electrons. The molecule has 1 aromatic carbocycles. The number of aliphatic hydroxyl groups is 1. The van der Waals surface area contributed by atoms with Crippen molar-refractivity contribution in [3.05, 3.63) is 75.9 Å². The highest BCUT2D eigenvalue weighted by atomic mass is 35.5. The molecule has 0 aliphatic carbocycles. The van der Waals surface area contributed by atoms with Crippen LogP contribution in [-0.2, 0) is 13.1 Å². The maximum atomic E-state index is 13.1. The Morgan fingerprint density at radius 3 is 2.38 bits per heavy atom. The monoisotopic (exact) mass is 619 g/mol. The fourth-order valence-corrected chi connectivity index (χ4v) is 3.70. The number of carbonyl (C=O) groups excluding carboxylic acids is 1. The van der Waals surface area contributed by atoms with Crippen molar-refractivity contribution in [3.8, 4) is 17.1 Å². The minimum absolute atomic E-state index is 0.0161. The SMILES string of the molecule is NC(CNC(=O)c1ncccc1-n1cnc(Cn2nc(-c3ccc(Cl)cc3)n(C[C@@H](O)C(F)(F)F)c2=O)n1)C(F)(F)F. The molecule has 4 N–H and O–H groups in total. The number of aliphatic hydroxyl groups excluding tert-OH is 1. The summed E-state index contributed by atoms with van der Waals surface area (Å²) in [5, 5.41) is 20.2. The van der Waals surface area contributed by atoms with E-state index in [0.29, 0.717) is 9.59 Å². The number of carbonyl (C=O) groups is 1. The maximum Gasteiger partial charge on any atom is 0.416 e. The lowest BCUT2D eigenvalue weighted by atomic mass is 10.2. The Morgan fingerprint density at radius 1 is 1.05 bits per heavy atom. The molecular weight excluding hydrogens is 600 g/mol. The van der Waals surface area contributed by atoms with Crippen LogP contribution in [0.15, 0.2) is 53.7 Å². The largest absolute Gasteiger partial charge is 0.416 e. The lowest BCUT2D eigenvalue weighted by Gasteiger charge is -2.16. The van der Waals surface area contributed by atoms with Crippen molar-refractivity contribution in [2.45, 2.75) is 37.6 Å². The maximum absolute atomic E-state index is 13.1. The van der Waals surface area contributed by atoms with Gasteiger partial charge in [-0.2, -0.15) is 26.3 Å². The standard InChI is InChI=1S/C23H20ClF6N9O3/c24-13-5-3-12(4-6-13)19-36-38(21(42)37(19)9-16(40)23(28,29)30)10-17-34-11-39(35-17)14-2-1-7-32-18(14)20(41)33-8-15(31)22(25,26)27/h1-7,11,15-16,40H,8-10,31H2,(H,33,41)/t15?,16-/m1/s1. The number of benzene rings is 1. The first-order valence-electron chi connectivity index (χ1n) is 11.8. The number of hydrogen-bond acceptors (Lipinski definition) is 8. The average molecular weight is 620 g/mol. The van der Waals surface area contributed by atoms with Crippen LogP contribution in [0.3, 0.4) is 0 Å². The molecule has 42 heavy (non-hydrogen) atoms. The smallest absolute Gasteiger partial charge is 0.382 e. The van der Waals surface area contributed by atoms with Gasteiger partial charge < -0.3 is 16.2 Å². The van der Waals surface area contributed by atoms with Crippen LogP contribution in [0.1, 0.15) is 16.3 Å². The van der Waals surface area contributed by atoms with E-state index in [0.717, 1.165) is 15.7 Å². The number of halogens is 7. The summed E-state index contributed by atoms with van der Waals surface area (Å²) in [6, 6.07) is 6.22. The molecular formula is C23H20ClF6N9O3. The molecule has 2 atom stereocenters. The van der Waals surface area contributed by atoms with E-state index in [1.54, 1.807) is 0 Å². The summed E-state index contributed by atoms with van der Waals surface area (Å²) in [6.45, 7) is -2.50. The van der Waals surface area contributed by atoms with Crippen LogP contribution >= 0.6 is 11.6 Å². The van der Waals surface area contributed by atoms with Crippen LogP contribution < -0.4 is 16.7 Å². The molecule has 4 aromatic rings. The van der Waals surface area contributed by atoms with Gasteiger partial charge in [0.05, 0.1) is 12.2 Å². The molecule has 0 bridgehead atoms. The van der Waals surface area contributed by atoms with Crippen LogP contribution in [-0.4, -0.2) is 76.2 Å². The average Bonchev–Trinajstić information content (AvgIpc) is 3.51. The zero-order valence-electron chi connectivity index (χ0n) is 21.0. The van der Waals surface area contributed by atoms with E-state index in [1.807, 2.05) is 5.32 Å². The van der Waals surface area contributed by atoms with E-state index in [2.05, 4.69) is 20.2 Å². The van der Waals surface area contributed by atoms with Crippen LogP contribution in [0.2, 0.25) is 5.02 Å². The van der Waals surface area contributed by atoms with Gasteiger partial charge in [-0.1, -0.05) is 11.6 Å². The molecule has 0 aliphatic heterocycles.